The molecule has 0 aromatic heterocycles. The van der Waals surface area contributed by atoms with Crippen LogP contribution in [0.25, 0.3) is 0 Å². The summed E-state index contributed by atoms with van der Waals surface area (Å²) in [6.45, 7) is 10.9. The number of thiol groups is 1. The van der Waals surface area contributed by atoms with Crippen LogP contribution in [-0.2, 0) is 19.2 Å². The van der Waals surface area contributed by atoms with Gasteiger partial charge < -0.3 is 20.4 Å². The first kappa shape index (κ1) is 26.9. The smallest absolute Gasteiger partial charge is 0.327 e. The summed E-state index contributed by atoms with van der Waals surface area (Å²) in [4.78, 5) is 67.3. The van der Waals surface area contributed by atoms with Gasteiger partial charge in [-0.1, -0.05) is 20.8 Å². The lowest BCUT2D eigenvalue weighted by molar-refractivity contribution is -0.144. The lowest BCUT2D eigenvalue weighted by Crippen LogP contribution is -2.57. The van der Waals surface area contributed by atoms with Crippen molar-refractivity contribution in [2.24, 2.45) is 5.41 Å². The van der Waals surface area contributed by atoms with Gasteiger partial charge in [0.1, 0.15) is 17.6 Å². The van der Waals surface area contributed by atoms with Crippen molar-refractivity contribution >= 4 is 42.3 Å². The highest BCUT2D eigenvalue weighted by Gasteiger charge is 2.50. The van der Waals surface area contributed by atoms with Crippen molar-refractivity contribution in [3.63, 3.8) is 0 Å². The molecule has 2 heterocycles. The second-order valence-corrected chi connectivity index (χ2v) is 11.1. The fourth-order valence-electron chi connectivity index (χ4n) is 4.36. The Balaban J connectivity index is 2.03. The van der Waals surface area contributed by atoms with Crippen LogP contribution in [-0.4, -0.2) is 93.9 Å². The van der Waals surface area contributed by atoms with Gasteiger partial charge in [-0.2, -0.15) is 12.6 Å². The Labute approximate surface area is 201 Å². The molecule has 10 nitrogen and oxygen atoms in total. The average molecular weight is 484 g/mol. The number of urea groups is 1. The zero-order chi connectivity index (χ0) is 25.5. The maximum atomic E-state index is 13.1. The molecule has 4 atom stereocenters. The molecular weight excluding hydrogens is 446 g/mol. The summed E-state index contributed by atoms with van der Waals surface area (Å²) in [7, 11) is 3.10. The summed E-state index contributed by atoms with van der Waals surface area (Å²) in [6, 6.07) is -2.09. The zero-order valence-corrected chi connectivity index (χ0v) is 21.7. The third-order valence-electron chi connectivity index (χ3n) is 6.57. The molecule has 2 N–H and O–H groups in total. The largest absolute Gasteiger partial charge is 0.357 e. The maximum Gasteiger partial charge on any atom is 0.327 e. The van der Waals surface area contributed by atoms with E-state index < -0.39 is 40.2 Å². The molecule has 2 fully saturated rings. The Morgan fingerprint density at radius 2 is 1.76 bits per heavy atom. The van der Waals surface area contributed by atoms with Gasteiger partial charge in [-0.05, 0) is 39.0 Å². The molecule has 2 rings (SSSR count). The van der Waals surface area contributed by atoms with E-state index in [1.165, 1.54) is 11.9 Å². The Morgan fingerprint density at radius 3 is 2.21 bits per heavy atom. The van der Waals surface area contributed by atoms with Crippen LogP contribution in [0.15, 0.2) is 0 Å². The summed E-state index contributed by atoms with van der Waals surface area (Å²) in [5.41, 5.74) is -1.43. The first-order valence-electron chi connectivity index (χ1n) is 11.2. The molecule has 0 radical (unpaired) electrons. The van der Waals surface area contributed by atoms with Gasteiger partial charge in [0.2, 0.25) is 17.7 Å². The molecular formula is C22H37N5O5S. The molecule has 33 heavy (non-hydrogen) atoms. The van der Waals surface area contributed by atoms with E-state index in [1.807, 2.05) is 27.7 Å². The highest BCUT2D eigenvalue weighted by Crippen LogP contribution is 2.32. The van der Waals surface area contributed by atoms with E-state index in [0.717, 1.165) is 4.90 Å². The minimum Gasteiger partial charge on any atom is -0.357 e. The van der Waals surface area contributed by atoms with E-state index >= 15 is 0 Å². The number of likely N-dealkylation sites (tertiary alicyclic amines) is 1. The van der Waals surface area contributed by atoms with Crippen LogP contribution in [0.4, 0.5) is 4.79 Å². The summed E-state index contributed by atoms with van der Waals surface area (Å²) in [5, 5.41) is 4.55. The number of hydrogen-bond donors (Lipinski definition) is 3. The molecule has 2 aliphatic rings. The Hall–Kier alpha value is -2.30. The Morgan fingerprint density at radius 1 is 1.18 bits per heavy atom. The number of carbonyl (C=O) groups is 5. The van der Waals surface area contributed by atoms with E-state index in [1.54, 1.807) is 25.8 Å². The van der Waals surface area contributed by atoms with E-state index in [2.05, 4.69) is 23.3 Å². The van der Waals surface area contributed by atoms with Crippen molar-refractivity contribution in [2.45, 2.75) is 83.3 Å². The van der Waals surface area contributed by atoms with Gasteiger partial charge in [-0.25, -0.2) is 4.79 Å². The van der Waals surface area contributed by atoms with Crippen molar-refractivity contribution in [1.29, 1.82) is 0 Å². The normalized spacial score (nSPS) is 24.9. The molecule has 2 aliphatic heterocycles. The number of rotatable bonds is 7. The standard InChI is InChI=1S/C22H37N5O5S/c1-12-11-13(18(30)27(12)15(17(29)23-7)21(2,3)4)24-16(28)14(33)9-10-26-19(31)22(5,6)25(8)20(26)32/h12-15,33H,9-11H2,1-8H3,(H,23,29)(H,24,28)/t12?,13?,14-,15?/m0/s1. The molecule has 0 spiro atoms. The van der Waals surface area contributed by atoms with Crippen molar-refractivity contribution in [3.8, 4) is 0 Å². The van der Waals surface area contributed by atoms with E-state index in [-0.39, 0.29) is 36.7 Å². The highest BCUT2D eigenvalue weighted by atomic mass is 32.1. The van der Waals surface area contributed by atoms with Crippen LogP contribution in [0.5, 0.6) is 0 Å². The van der Waals surface area contributed by atoms with Gasteiger partial charge in [-0.3, -0.25) is 24.1 Å². The monoisotopic (exact) mass is 483 g/mol. The second kappa shape index (κ2) is 9.52. The Bertz CT molecular complexity index is 840. The van der Waals surface area contributed by atoms with Crippen LogP contribution in [0.3, 0.4) is 0 Å². The molecule has 0 aromatic carbocycles. The van der Waals surface area contributed by atoms with Crippen LogP contribution in [0.1, 0.15) is 54.4 Å². The van der Waals surface area contributed by atoms with Crippen molar-refractivity contribution < 1.29 is 24.0 Å². The maximum absolute atomic E-state index is 13.1. The van der Waals surface area contributed by atoms with Crippen molar-refractivity contribution in [2.75, 3.05) is 20.6 Å². The van der Waals surface area contributed by atoms with Crippen LogP contribution in [0.2, 0.25) is 0 Å². The van der Waals surface area contributed by atoms with E-state index in [0.29, 0.717) is 6.42 Å². The summed E-state index contributed by atoms with van der Waals surface area (Å²) < 4.78 is 0. The minimum atomic E-state index is -0.935. The third kappa shape index (κ3) is 5.12. The van der Waals surface area contributed by atoms with Gasteiger partial charge in [-0.15, -0.1) is 0 Å². The first-order valence-corrected chi connectivity index (χ1v) is 11.7. The van der Waals surface area contributed by atoms with Crippen LogP contribution < -0.4 is 10.6 Å². The number of nitrogens with one attached hydrogen (secondary N) is 2. The number of imide groups is 1. The predicted octanol–water partition coefficient (Wildman–Crippen LogP) is 0.614. The van der Waals surface area contributed by atoms with Gasteiger partial charge in [0.05, 0.1) is 5.25 Å². The third-order valence-corrected chi connectivity index (χ3v) is 7.06. The van der Waals surface area contributed by atoms with E-state index in [4.69, 9.17) is 0 Å². The fraction of sp³-hybridized carbons (Fsp3) is 0.773. The lowest BCUT2D eigenvalue weighted by Gasteiger charge is -2.38. The molecule has 11 heteroatoms. The molecule has 3 unspecified atom stereocenters. The predicted molar refractivity (Wildman–Crippen MR) is 127 cm³/mol. The first-order chi connectivity index (χ1) is 15.0. The van der Waals surface area contributed by atoms with Gasteiger partial charge in [0, 0.05) is 26.7 Å². The minimum absolute atomic E-state index is 0.0525. The molecule has 2 saturated heterocycles. The Kier molecular flexibility index (Phi) is 7.77. The summed E-state index contributed by atoms with van der Waals surface area (Å²) in [5.74, 6) is -1.35. The average Bonchev–Trinajstić information content (AvgIpc) is 3.05. The quantitative estimate of drug-likeness (QED) is 0.362. The van der Waals surface area contributed by atoms with E-state index in [9.17, 15) is 24.0 Å². The number of likely N-dealkylation sites (N-methyl/N-ethyl adjacent to an activating group) is 2. The molecule has 186 valence electrons. The number of carbonyl (C=O) groups excluding carboxylic acids is 5. The van der Waals surface area contributed by atoms with Gasteiger partial charge >= 0.3 is 6.03 Å². The number of amides is 6. The van der Waals surface area contributed by atoms with Crippen molar-refractivity contribution in [1.82, 2.24) is 25.3 Å². The summed E-state index contributed by atoms with van der Waals surface area (Å²) >= 11 is 4.34. The highest BCUT2D eigenvalue weighted by molar-refractivity contribution is 7.81. The van der Waals surface area contributed by atoms with Crippen molar-refractivity contribution in [3.05, 3.63) is 0 Å². The van der Waals surface area contributed by atoms with Crippen LogP contribution >= 0.6 is 12.6 Å². The molecule has 6 amide bonds. The van der Waals surface area contributed by atoms with Gasteiger partial charge in [0.25, 0.3) is 5.91 Å². The van der Waals surface area contributed by atoms with Gasteiger partial charge in [0.15, 0.2) is 0 Å². The van der Waals surface area contributed by atoms with Crippen LogP contribution in [0, 0.1) is 5.41 Å². The molecule has 0 bridgehead atoms. The lowest BCUT2D eigenvalue weighted by atomic mass is 9.84. The number of nitrogens with zero attached hydrogens (tertiary/aromatic N) is 3. The SMILES string of the molecule is CNC(=O)C(N1C(=O)C(NC(=O)[C@@H](S)CCN2C(=O)N(C)C(C)(C)C2=O)CC1C)C(C)(C)C. The zero-order valence-electron chi connectivity index (χ0n) is 20.8. The number of hydrogen-bond acceptors (Lipinski definition) is 6. The molecule has 0 aromatic rings. The fourth-order valence-corrected chi connectivity index (χ4v) is 4.55. The summed E-state index contributed by atoms with van der Waals surface area (Å²) in [6.07, 6.45) is 0.524. The topological polar surface area (TPSA) is 119 Å². The molecule has 0 aliphatic carbocycles. The second-order valence-electron chi connectivity index (χ2n) is 10.4. The molecule has 0 saturated carbocycles.